The Morgan fingerprint density at radius 3 is 2.48 bits per heavy atom. The summed E-state index contributed by atoms with van der Waals surface area (Å²) in [6.45, 7) is 0. The van der Waals surface area contributed by atoms with Crippen LogP contribution in [0.25, 0.3) is 11.3 Å². The summed E-state index contributed by atoms with van der Waals surface area (Å²) >= 11 is 0. The van der Waals surface area contributed by atoms with E-state index in [0.717, 1.165) is 18.2 Å². The molecule has 1 N–H and O–H groups in total. The van der Waals surface area contributed by atoms with Crippen LogP contribution in [0.3, 0.4) is 0 Å². The lowest BCUT2D eigenvalue weighted by atomic mass is 10.1. The number of nitrogens with zero attached hydrogens (tertiary/aromatic N) is 2. The summed E-state index contributed by atoms with van der Waals surface area (Å²) in [7, 11) is -5.92. The number of hydrogen-bond acceptors (Lipinski definition) is 6. The molecule has 0 spiro atoms. The highest BCUT2D eigenvalue weighted by Crippen LogP contribution is 2.31. The molecular weight excluding hydrogens is 365 g/mol. The monoisotopic (exact) mass is 372 g/mol. The molecule has 25 heavy (non-hydrogen) atoms. The van der Waals surface area contributed by atoms with Crippen LogP contribution in [0.4, 0.5) is 13.2 Å². The number of aromatic carboxylic acids is 1. The number of alkyl halides is 3. The van der Waals surface area contributed by atoms with Gasteiger partial charge in [-0.2, -0.15) is 26.9 Å². The molecule has 0 fully saturated rings. The van der Waals surface area contributed by atoms with E-state index in [0.29, 0.717) is 0 Å². The van der Waals surface area contributed by atoms with Gasteiger partial charge in [-0.1, -0.05) is 0 Å². The zero-order valence-electron chi connectivity index (χ0n) is 12.0. The Kier molecular flexibility index (Phi) is 4.67. The van der Waals surface area contributed by atoms with Crippen molar-refractivity contribution in [2.24, 2.45) is 0 Å². The standard InChI is InChI=1S/C14H7F3N2O5S/c15-14(16,17)25(22,23)24-12-2-1-8(5-10(12)7-18)11-6-9(13(20)21)3-4-19-11/h1-6H,(H,20,21). The fraction of sp³-hybridized carbons (Fsp3) is 0.0714. The molecule has 2 rings (SSSR count). The van der Waals surface area contributed by atoms with Crippen molar-refractivity contribution in [3.8, 4) is 23.1 Å². The first-order chi connectivity index (χ1) is 11.5. The number of hydrogen-bond donors (Lipinski definition) is 1. The normalized spacial score (nSPS) is 11.6. The van der Waals surface area contributed by atoms with E-state index in [4.69, 9.17) is 10.4 Å². The minimum atomic E-state index is -5.92. The van der Waals surface area contributed by atoms with Gasteiger partial charge < -0.3 is 9.29 Å². The maximum Gasteiger partial charge on any atom is 0.534 e. The summed E-state index contributed by atoms with van der Waals surface area (Å²) in [4.78, 5) is 14.8. The SMILES string of the molecule is N#Cc1cc(-c2cc(C(=O)O)ccn2)ccc1OS(=O)(=O)C(F)(F)F. The van der Waals surface area contributed by atoms with Gasteiger partial charge in [0.25, 0.3) is 0 Å². The van der Waals surface area contributed by atoms with Crippen molar-refractivity contribution in [1.29, 1.82) is 5.26 Å². The summed E-state index contributed by atoms with van der Waals surface area (Å²) < 4.78 is 63.1. The molecule has 0 radical (unpaired) electrons. The lowest BCUT2D eigenvalue weighted by Crippen LogP contribution is -2.28. The summed E-state index contributed by atoms with van der Waals surface area (Å²) in [6.07, 6.45) is 1.20. The van der Waals surface area contributed by atoms with Gasteiger partial charge in [0, 0.05) is 11.8 Å². The van der Waals surface area contributed by atoms with Gasteiger partial charge in [0.05, 0.1) is 16.8 Å². The molecule has 0 aliphatic carbocycles. The Labute approximate surface area is 139 Å². The number of halogens is 3. The Morgan fingerprint density at radius 1 is 1.24 bits per heavy atom. The highest BCUT2D eigenvalue weighted by Gasteiger charge is 2.48. The van der Waals surface area contributed by atoms with E-state index in [1.165, 1.54) is 24.4 Å². The van der Waals surface area contributed by atoms with Gasteiger partial charge in [0.1, 0.15) is 6.07 Å². The number of rotatable bonds is 4. The molecule has 0 aliphatic heterocycles. The second-order valence-electron chi connectivity index (χ2n) is 4.54. The Bertz CT molecular complexity index is 981. The largest absolute Gasteiger partial charge is 0.534 e. The van der Waals surface area contributed by atoms with Crippen LogP contribution in [0.2, 0.25) is 0 Å². The van der Waals surface area contributed by atoms with Gasteiger partial charge in [-0.05, 0) is 30.3 Å². The number of nitriles is 1. The maximum absolute atomic E-state index is 12.4. The van der Waals surface area contributed by atoms with Gasteiger partial charge in [-0.15, -0.1) is 0 Å². The number of carboxylic acids is 1. The third kappa shape index (κ3) is 3.86. The molecule has 0 amide bonds. The van der Waals surface area contributed by atoms with Crippen molar-refractivity contribution in [3.05, 3.63) is 47.7 Å². The first-order valence-corrected chi connectivity index (χ1v) is 7.70. The first kappa shape index (κ1) is 18.2. The molecule has 1 aromatic heterocycles. The average molecular weight is 372 g/mol. The second-order valence-corrected chi connectivity index (χ2v) is 6.08. The molecule has 0 saturated heterocycles. The zero-order valence-corrected chi connectivity index (χ0v) is 12.8. The zero-order chi connectivity index (χ0) is 18.8. The molecule has 1 aromatic carbocycles. The number of aromatic nitrogens is 1. The minimum absolute atomic E-state index is 0.0940. The summed E-state index contributed by atoms with van der Waals surface area (Å²) in [5.74, 6) is -2.03. The van der Waals surface area contributed by atoms with Crippen molar-refractivity contribution < 1.29 is 35.7 Å². The smallest absolute Gasteiger partial charge is 0.478 e. The van der Waals surface area contributed by atoms with Crippen LogP contribution < -0.4 is 4.18 Å². The van der Waals surface area contributed by atoms with Gasteiger partial charge >= 0.3 is 21.6 Å². The number of benzene rings is 1. The van der Waals surface area contributed by atoms with E-state index in [1.807, 2.05) is 0 Å². The van der Waals surface area contributed by atoms with E-state index >= 15 is 0 Å². The van der Waals surface area contributed by atoms with Crippen LogP contribution in [0.15, 0.2) is 36.5 Å². The first-order valence-electron chi connectivity index (χ1n) is 6.30. The molecular formula is C14H7F3N2O5S. The van der Waals surface area contributed by atoms with Crippen molar-refractivity contribution >= 4 is 16.1 Å². The quantitative estimate of drug-likeness (QED) is 0.647. The Hall–Kier alpha value is -3.13. The highest BCUT2D eigenvalue weighted by atomic mass is 32.2. The number of pyridine rings is 1. The van der Waals surface area contributed by atoms with Crippen molar-refractivity contribution in [3.63, 3.8) is 0 Å². The third-order valence-electron chi connectivity index (χ3n) is 2.89. The summed E-state index contributed by atoms with van der Waals surface area (Å²) in [5.41, 5.74) is -5.91. The van der Waals surface area contributed by atoms with Crippen LogP contribution in [-0.4, -0.2) is 30.0 Å². The van der Waals surface area contributed by atoms with Crippen LogP contribution in [-0.2, 0) is 10.1 Å². The topological polar surface area (TPSA) is 117 Å². The molecule has 130 valence electrons. The van der Waals surface area contributed by atoms with E-state index in [1.54, 1.807) is 0 Å². The Morgan fingerprint density at radius 2 is 1.92 bits per heavy atom. The van der Waals surface area contributed by atoms with Gasteiger partial charge in [0.15, 0.2) is 5.75 Å². The molecule has 11 heteroatoms. The predicted molar refractivity (Wildman–Crippen MR) is 77.0 cm³/mol. The maximum atomic E-state index is 12.4. The Balaban J connectivity index is 2.46. The average Bonchev–Trinajstić information content (AvgIpc) is 2.54. The van der Waals surface area contributed by atoms with E-state index < -0.39 is 32.9 Å². The summed E-state index contributed by atoms with van der Waals surface area (Å²) in [5, 5.41) is 17.9. The second kappa shape index (κ2) is 6.40. The predicted octanol–water partition coefficient (Wildman–Crippen LogP) is 2.55. The van der Waals surface area contributed by atoms with E-state index in [2.05, 4.69) is 9.17 Å². The van der Waals surface area contributed by atoms with Crippen molar-refractivity contribution in [2.45, 2.75) is 5.51 Å². The van der Waals surface area contributed by atoms with Crippen LogP contribution in [0.1, 0.15) is 15.9 Å². The van der Waals surface area contributed by atoms with E-state index in [9.17, 15) is 26.4 Å². The van der Waals surface area contributed by atoms with Crippen LogP contribution in [0, 0.1) is 11.3 Å². The van der Waals surface area contributed by atoms with Gasteiger partial charge in [0.2, 0.25) is 0 Å². The highest BCUT2D eigenvalue weighted by molar-refractivity contribution is 7.88. The molecule has 2 aromatic rings. The fourth-order valence-electron chi connectivity index (χ4n) is 1.74. The van der Waals surface area contributed by atoms with Crippen molar-refractivity contribution in [1.82, 2.24) is 4.98 Å². The van der Waals surface area contributed by atoms with Crippen LogP contribution in [0.5, 0.6) is 5.75 Å². The van der Waals surface area contributed by atoms with Crippen molar-refractivity contribution in [2.75, 3.05) is 0 Å². The molecule has 7 nitrogen and oxygen atoms in total. The van der Waals surface area contributed by atoms with Gasteiger partial charge in [-0.25, -0.2) is 4.79 Å². The summed E-state index contributed by atoms with van der Waals surface area (Å²) in [6, 6.07) is 6.97. The van der Waals surface area contributed by atoms with Gasteiger partial charge in [-0.3, -0.25) is 4.98 Å². The third-order valence-corrected chi connectivity index (χ3v) is 3.85. The van der Waals surface area contributed by atoms with E-state index in [-0.39, 0.29) is 16.8 Å². The lowest BCUT2D eigenvalue weighted by molar-refractivity contribution is -0.0500. The molecule has 0 bridgehead atoms. The minimum Gasteiger partial charge on any atom is -0.478 e. The molecule has 0 unspecified atom stereocenters. The lowest BCUT2D eigenvalue weighted by Gasteiger charge is -2.11. The molecule has 0 atom stereocenters. The molecule has 1 heterocycles. The molecule has 0 saturated carbocycles. The van der Waals surface area contributed by atoms with Crippen LogP contribution >= 0.6 is 0 Å². The molecule has 0 aliphatic rings. The number of carbonyl (C=O) groups is 1. The fourth-order valence-corrected chi connectivity index (χ4v) is 2.21. The number of carboxylic acid groups (broad SMARTS) is 1.